The number of hydrogen-bond donors (Lipinski definition) is 1. The highest BCUT2D eigenvalue weighted by atomic mass is 16.6. The van der Waals surface area contributed by atoms with Crippen LogP contribution >= 0.6 is 0 Å². The lowest BCUT2D eigenvalue weighted by atomic mass is 10.6. The van der Waals surface area contributed by atoms with Crippen LogP contribution in [0.1, 0.15) is 0 Å². The van der Waals surface area contributed by atoms with Crippen LogP contribution in [0.5, 0.6) is 0 Å². The van der Waals surface area contributed by atoms with Gasteiger partial charge in [-0.05, 0) is 6.58 Å². The third-order valence-corrected chi connectivity index (χ3v) is 0.441. The van der Waals surface area contributed by atoms with Crippen LogP contribution in [0.25, 0.3) is 0 Å². The van der Waals surface area contributed by atoms with E-state index in [0.717, 1.165) is 0 Å². The van der Waals surface area contributed by atoms with Crippen LogP contribution in [0.15, 0.2) is 12.3 Å². The SMILES string of the molecule is C=C(CO)[N+](=O)[O-]. The maximum Gasteiger partial charge on any atom is 0.264 e. The van der Waals surface area contributed by atoms with Gasteiger partial charge < -0.3 is 5.11 Å². The van der Waals surface area contributed by atoms with Gasteiger partial charge in [0.25, 0.3) is 5.70 Å². The molecule has 0 spiro atoms. The van der Waals surface area contributed by atoms with E-state index in [1.165, 1.54) is 0 Å². The number of nitrogens with zero attached hydrogens (tertiary/aromatic N) is 1. The Hall–Kier alpha value is -0.900. The molecule has 0 amide bonds. The first-order valence-electron chi connectivity index (χ1n) is 1.61. The van der Waals surface area contributed by atoms with Crippen molar-refractivity contribution in [2.24, 2.45) is 0 Å². The quantitative estimate of drug-likeness (QED) is 0.387. The molecule has 0 saturated carbocycles. The zero-order valence-corrected chi connectivity index (χ0v) is 3.63. The number of aliphatic hydroxyl groups is 1. The van der Waals surface area contributed by atoms with Crippen molar-refractivity contribution >= 4 is 0 Å². The predicted molar refractivity (Wildman–Crippen MR) is 23.2 cm³/mol. The van der Waals surface area contributed by atoms with Gasteiger partial charge >= 0.3 is 0 Å². The second-order valence-electron chi connectivity index (χ2n) is 0.981. The van der Waals surface area contributed by atoms with E-state index < -0.39 is 11.5 Å². The summed E-state index contributed by atoms with van der Waals surface area (Å²) in [6.07, 6.45) is 0. The van der Waals surface area contributed by atoms with Crippen molar-refractivity contribution in [1.29, 1.82) is 0 Å². The van der Waals surface area contributed by atoms with Crippen LogP contribution in [0.4, 0.5) is 0 Å². The summed E-state index contributed by atoms with van der Waals surface area (Å²) >= 11 is 0. The van der Waals surface area contributed by atoms with E-state index in [-0.39, 0.29) is 5.70 Å². The Bertz CT molecular complexity index is 98.4. The molecule has 0 aromatic carbocycles. The molecule has 0 aromatic heterocycles. The van der Waals surface area contributed by atoms with Gasteiger partial charge in [0, 0.05) is 0 Å². The minimum atomic E-state index is -0.722. The molecule has 0 rings (SSSR count). The fourth-order valence-corrected chi connectivity index (χ4v) is 0.0577. The molecular weight excluding hydrogens is 98.0 g/mol. The van der Waals surface area contributed by atoms with E-state index in [9.17, 15) is 10.1 Å². The predicted octanol–water partition coefficient (Wildman–Crippen LogP) is -0.231. The van der Waals surface area contributed by atoms with Gasteiger partial charge in [-0.25, -0.2) is 0 Å². The van der Waals surface area contributed by atoms with Crippen LogP contribution < -0.4 is 0 Å². The summed E-state index contributed by atoms with van der Waals surface area (Å²) in [5.41, 5.74) is -0.375. The average Bonchev–Trinajstić information content (AvgIpc) is 1.65. The lowest BCUT2D eigenvalue weighted by Crippen LogP contribution is -2.00. The highest BCUT2D eigenvalue weighted by Gasteiger charge is 2.00. The van der Waals surface area contributed by atoms with Crippen LogP contribution in [-0.4, -0.2) is 16.6 Å². The van der Waals surface area contributed by atoms with Gasteiger partial charge in [-0.1, -0.05) is 0 Å². The Balaban J connectivity index is 3.58. The summed E-state index contributed by atoms with van der Waals surface area (Å²) < 4.78 is 0. The lowest BCUT2D eigenvalue weighted by Gasteiger charge is -1.84. The highest BCUT2D eigenvalue weighted by molar-refractivity contribution is 4.77. The molecule has 0 heterocycles. The van der Waals surface area contributed by atoms with Crippen LogP contribution in [0.2, 0.25) is 0 Å². The van der Waals surface area contributed by atoms with Gasteiger partial charge in [-0.3, -0.25) is 10.1 Å². The highest BCUT2D eigenvalue weighted by Crippen LogP contribution is 1.84. The Morgan fingerprint density at radius 1 is 2.00 bits per heavy atom. The largest absolute Gasteiger partial charge is 0.385 e. The first kappa shape index (κ1) is 6.10. The molecule has 0 aliphatic carbocycles. The molecule has 0 aromatic rings. The Morgan fingerprint density at radius 3 is 2.43 bits per heavy atom. The van der Waals surface area contributed by atoms with Crippen LogP contribution in [0.3, 0.4) is 0 Å². The molecule has 0 aliphatic rings. The summed E-state index contributed by atoms with van der Waals surface area (Å²) in [6.45, 7) is 2.35. The smallest absolute Gasteiger partial charge is 0.264 e. The Morgan fingerprint density at radius 2 is 2.43 bits per heavy atom. The second kappa shape index (κ2) is 2.30. The zero-order valence-electron chi connectivity index (χ0n) is 3.63. The van der Waals surface area contributed by atoms with Gasteiger partial charge in [0.2, 0.25) is 0 Å². The van der Waals surface area contributed by atoms with Gasteiger partial charge in [0.15, 0.2) is 0 Å². The molecule has 0 saturated heterocycles. The third kappa shape index (κ3) is 1.88. The summed E-state index contributed by atoms with van der Waals surface area (Å²) in [6, 6.07) is 0. The molecule has 0 bridgehead atoms. The fourth-order valence-electron chi connectivity index (χ4n) is 0.0577. The number of hydrogen-bond acceptors (Lipinski definition) is 3. The third-order valence-electron chi connectivity index (χ3n) is 0.441. The van der Waals surface area contributed by atoms with Crippen molar-refractivity contribution in [2.45, 2.75) is 0 Å². The zero-order chi connectivity index (χ0) is 5.86. The molecule has 40 valence electrons. The normalized spacial score (nSPS) is 8.14. The number of rotatable bonds is 2. The maximum atomic E-state index is 9.48. The van der Waals surface area contributed by atoms with Crippen LogP contribution in [-0.2, 0) is 0 Å². The van der Waals surface area contributed by atoms with Crippen molar-refractivity contribution in [3.8, 4) is 0 Å². The van der Waals surface area contributed by atoms with Crippen LogP contribution in [0, 0.1) is 10.1 Å². The molecule has 0 atom stereocenters. The molecular formula is C3H5NO3. The summed E-state index contributed by atoms with van der Waals surface area (Å²) in [5.74, 6) is 0. The van der Waals surface area contributed by atoms with Gasteiger partial charge in [0.05, 0.1) is 4.92 Å². The minimum absolute atomic E-state index is 0.375. The van der Waals surface area contributed by atoms with Crippen molar-refractivity contribution in [3.63, 3.8) is 0 Å². The summed E-state index contributed by atoms with van der Waals surface area (Å²) in [4.78, 5) is 8.75. The number of nitro groups is 1. The average molecular weight is 103 g/mol. The van der Waals surface area contributed by atoms with E-state index in [1.54, 1.807) is 0 Å². The molecule has 1 N–H and O–H groups in total. The first-order valence-corrected chi connectivity index (χ1v) is 1.61. The molecule has 0 fully saturated rings. The van der Waals surface area contributed by atoms with Crippen molar-refractivity contribution in [2.75, 3.05) is 6.61 Å². The molecule has 4 nitrogen and oxygen atoms in total. The van der Waals surface area contributed by atoms with Crippen molar-refractivity contribution in [1.82, 2.24) is 0 Å². The van der Waals surface area contributed by atoms with E-state index in [1.807, 2.05) is 0 Å². The van der Waals surface area contributed by atoms with Gasteiger partial charge in [0.1, 0.15) is 6.61 Å². The van der Waals surface area contributed by atoms with Gasteiger partial charge in [-0.15, -0.1) is 0 Å². The number of aliphatic hydroxyl groups excluding tert-OH is 1. The molecule has 7 heavy (non-hydrogen) atoms. The summed E-state index contributed by atoms with van der Waals surface area (Å²) in [7, 11) is 0. The molecule has 0 unspecified atom stereocenters. The van der Waals surface area contributed by atoms with Crippen molar-refractivity contribution in [3.05, 3.63) is 22.4 Å². The minimum Gasteiger partial charge on any atom is -0.385 e. The van der Waals surface area contributed by atoms with Crippen molar-refractivity contribution < 1.29 is 10.0 Å². The maximum absolute atomic E-state index is 9.48. The second-order valence-corrected chi connectivity index (χ2v) is 0.981. The fraction of sp³-hybridized carbons (Fsp3) is 0.333. The topological polar surface area (TPSA) is 63.4 Å². The summed E-state index contributed by atoms with van der Waals surface area (Å²) in [5, 5.41) is 17.4. The first-order chi connectivity index (χ1) is 3.18. The van der Waals surface area contributed by atoms with E-state index in [4.69, 9.17) is 5.11 Å². The Kier molecular flexibility index (Phi) is 2.01. The molecule has 0 radical (unpaired) electrons. The van der Waals surface area contributed by atoms with E-state index >= 15 is 0 Å². The Labute approximate surface area is 40.2 Å². The van der Waals surface area contributed by atoms with E-state index in [0.29, 0.717) is 0 Å². The lowest BCUT2D eigenvalue weighted by molar-refractivity contribution is -0.429. The van der Waals surface area contributed by atoms with E-state index in [2.05, 4.69) is 6.58 Å². The molecule has 4 heteroatoms. The standard InChI is InChI=1S/C3H5NO3/c1-3(2-5)4(6)7/h5H,1-2H2. The monoisotopic (exact) mass is 103 g/mol. The van der Waals surface area contributed by atoms with Gasteiger partial charge in [-0.2, -0.15) is 0 Å². The molecule has 0 aliphatic heterocycles.